The van der Waals surface area contributed by atoms with Gasteiger partial charge >= 0.3 is 0 Å². The maximum Gasteiger partial charge on any atom is 0.270 e. The molecule has 0 fully saturated rings. The summed E-state index contributed by atoms with van der Waals surface area (Å²) in [5.74, 6) is 0.837. The highest BCUT2D eigenvalue weighted by molar-refractivity contribution is 6.01. The van der Waals surface area contributed by atoms with Crippen LogP contribution in [0, 0.1) is 0 Å². The first-order valence-corrected chi connectivity index (χ1v) is 7.77. The molecule has 1 aromatic heterocycles. The molecule has 6 nitrogen and oxygen atoms in total. The summed E-state index contributed by atoms with van der Waals surface area (Å²) >= 11 is 0. The van der Waals surface area contributed by atoms with Gasteiger partial charge in [-0.15, -0.1) is 6.58 Å². The topological polar surface area (TPSA) is 65.4 Å². The van der Waals surface area contributed by atoms with Crippen LogP contribution in [0.1, 0.15) is 15.9 Å². The van der Waals surface area contributed by atoms with Crippen LogP contribution in [0.4, 0.5) is 0 Å². The minimum Gasteiger partial charge on any atom is -0.493 e. The Morgan fingerprint density at radius 2 is 2.08 bits per heavy atom. The molecule has 1 heterocycles. The third-order valence-corrected chi connectivity index (χ3v) is 3.86. The Hall–Kier alpha value is -3.28. The van der Waals surface area contributed by atoms with Gasteiger partial charge in [0.1, 0.15) is 6.33 Å². The fourth-order valence-corrected chi connectivity index (χ4v) is 2.70. The van der Waals surface area contributed by atoms with Crippen molar-refractivity contribution in [1.82, 2.24) is 9.66 Å². The van der Waals surface area contributed by atoms with Crippen molar-refractivity contribution in [2.45, 2.75) is 6.42 Å². The van der Waals surface area contributed by atoms with Crippen molar-refractivity contribution in [2.75, 3.05) is 19.6 Å². The van der Waals surface area contributed by atoms with Crippen LogP contribution in [0.3, 0.4) is 0 Å². The van der Waals surface area contributed by atoms with Crippen molar-refractivity contribution >= 4 is 16.9 Å². The first kappa shape index (κ1) is 16.6. The van der Waals surface area contributed by atoms with E-state index in [0.29, 0.717) is 23.5 Å². The lowest BCUT2D eigenvalue weighted by Crippen LogP contribution is -2.22. The van der Waals surface area contributed by atoms with Crippen LogP contribution in [0.25, 0.3) is 11.0 Å². The minimum atomic E-state index is -0.269. The molecule has 0 saturated heterocycles. The van der Waals surface area contributed by atoms with Crippen LogP contribution in [0.2, 0.25) is 0 Å². The average molecular weight is 337 g/mol. The molecule has 0 radical (unpaired) electrons. The second kappa shape index (κ2) is 7.09. The number of imidazole rings is 1. The van der Waals surface area contributed by atoms with Gasteiger partial charge in [0.25, 0.3) is 5.91 Å². The number of amides is 1. The summed E-state index contributed by atoms with van der Waals surface area (Å²) in [5.41, 5.74) is 5.76. The number of ether oxygens (including phenoxy) is 2. The fourth-order valence-electron chi connectivity index (χ4n) is 2.70. The monoisotopic (exact) mass is 337 g/mol. The standard InChI is InChI=1S/C19H19N3O3/c1-4-7-13-10-14(11-17(24-2)18(13)25-3)19(23)21-22-12-20-15-8-5-6-9-16(15)22/h4-6,8-12H,1,7H2,2-3H3,(H,21,23). The second-order valence-corrected chi connectivity index (χ2v) is 5.41. The molecule has 3 aromatic rings. The summed E-state index contributed by atoms with van der Waals surface area (Å²) in [6, 6.07) is 11.0. The van der Waals surface area contributed by atoms with Gasteiger partial charge in [-0.3, -0.25) is 10.2 Å². The Morgan fingerprint density at radius 3 is 2.80 bits per heavy atom. The molecular formula is C19H19N3O3. The van der Waals surface area contributed by atoms with E-state index in [1.807, 2.05) is 24.3 Å². The smallest absolute Gasteiger partial charge is 0.270 e. The molecule has 6 heteroatoms. The summed E-state index contributed by atoms with van der Waals surface area (Å²) < 4.78 is 12.4. The molecule has 0 aliphatic heterocycles. The number of allylic oxidation sites excluding steroid dienone is 1. The number of hydrogen-bond acceptors (Lipinski definition) is 4. The SMILES string of the molecule is C=CCc1cc(C(=O)Nn2cnc3ccccc32)cc(OC)c1OC. The molecule has 0 aliphatic rings. The van der Waals surface area contributed by atoms with E-state index >= 15 is 0 Å². The van der Waals surface area contributed by atoms with E-state index in [-0.39, 0.29) is 5.91 Å². The summed E-state index contributed by atoms with van der Waals surface area (Å²) in [6.07, 6.45) is 3.89. The van der Waals surface area contributed by atoms with Crippen molar-refractivity contribution in [1.29, 1.82) is 0 Å². The van der Waals surface area contributed by atoms with E-state index < -0.39 is 0 Å². The first-order valence-electron chi connectivity index (χ1n) is 7.77. The number of methoxy groups -OCH3 is 2. The predicted octanol–water partition coefficient (Wildman–Crippen LogP) is 3.17. The lowest BCUT2D eigenvalue weighted by molar-refractivity contribution is 0.101. The highest BCUT2D eigenvalue weighted by Gasteiger charge is 2.16. The van der Waals surface area contributed by atoms with Crippen molar-refractivity contribution < 1.29 is 14.3 Å². The number of nitrogens with zero attached hydrogens (tertiary/aromatic N) is 2. The molecule has 0 atom stereocenters. The molecule has 25 heavy (non-hydrogen) atoms. The number of carbonyl (C=O) groups is 1. The Labute approximate surface area is 145 Å². The Bertz CT molecular complexity index is 931. The van der Waals surface area contributed by atoms with Crippen LogP contribution in [-0.4, -0.2) is 29.8 Å². The molecule has 0 aliphatic carbocycles. The van der Waals surface area contributed by atoms with E-state index in [2.05, 4.69) is 17.0 Å². The largest absolute Gasteiger partial charge is 0.493 e. The molecule has 0 bridgehead atoms. The minimum absolute atomic E-state index is 0.269. The number of hydrogen-bond donors (Lipinski definition) is 1. The maximum absolute atomic E-state index is 12.7. The number of benzene rings is 2. The molecule has 128 valence electrons. The van der Waals surface area contributed by atoms with Gasteiger partial charge in [-0.05, 0) is 30.7 Å². The summed E-state index contributed by atoms with van der Waals surface area (Å²) in [6.45, 7) is 3.75. The zero-order valence-corrected chi connectivity index (χ0v) is 14.2. The number of rotatable bonds is 6. The summed E-state index contributed by atoms with van der Waals surface area (Å²) in [5, 5.41) is 0. The molecule has 3 rings (SSSR count). The number of aromatic nitrogens is 2. The van der Waals surface area contributed by atoms with Crippen molar-refractivity contribution in [3.8, 4) is 11.5 Å². The second-order valence-electron chi connectivity index (χ2n) is 5.41. The van der Waals surface area contributed by atoms with E-state index in [1.165, 1.54) is 0 Å². The third kappa shape index (κ3) is 3.19. The lowest BCUT2D eigenvalue weighted by Gasteiger charge is -2.14. The Kier molecular flexibility index (Phi) is 4.70. The van der Waals surface area contributed by atoms with Crippen LogP contribution in [0.15, 0.2) is 55.4 Å². The lowest BCUT2D eigenvalue weighted by atomic mass is 10.1. The van der Waals surface area contributed by atoms with Crippen molar-refractivity contribution in [2.24, 2.45) is 0 Å². The van der Waals surface area contributed by atoms with Crippen LogP contribution in [0.5, 0.6) is 11.5 Å². The number of nitrogens with one attached hydrogen (secondary N) is 1. The molecule has 0 spiro atoms. The van der Waals surface area contributed by atoms with E-state index in [1.54, 1.807) is 43.4 Å². The van der Waals surface area contributed by atoms with Gasteiger partial charge in [0, 0.05) is 11.1 Å². The normalized spacial score (nSPS) is 10.5. The first-order chi connectivity index (χ1) is 12.2. The molecule has 0 saturated carbocycles. The zero-order valence-electron chi connectivity index (χ0n) is 14.2. The Balaban J connectivity index is 1.96. The number of fused-ring (bicyclic) bond motifs is 1. The highest BCUT2D eigenvalue weighted by Crippen LogP contribution is 2.33. The van der Waals surface area contributed by atoms with E-state index in [9.17, 15) is 4.79 Å². The van der Waals surface area contributed by atoms with Crippen LogP contribution < -0.4 is 14.9 Å². The molecule has 2 aromatic carbocycles. The van der Waals surface area contributed by atoms with Gasteiger partial charge in [-0.2, -0.15) is 0 Å². The van der Waals surface area contributed by atoms with Gasteiger partial charge in [0.2, 0.25) is 0 Å². The van der Waals surface area contributed by atoms with Gasteiger partial charge in [0.15, 0.2) is 11.5 Å². The van der Waals surface area contributed by atoms with E-state index in [4.69, 9.17) is 9.47 Å². The predicted molar refractivity (Wildman–Crippen MR) is 96.9 cm³/mol. The average Bonchev–Trinajstić information content (AvgIpc) is 3.04. The van der Waals surface area contributed by atoms with Crippen molar-refractivity contribution in [3.63, 3.8) is 0 Å². The van der Waals surface area contributed by atoms with E-state index in [0.717, 1.165) is 16.6 Å². The highest BCUT2D eigenvalue weighted by atomic mass is 16.5. The fraction of sp³-hybridized carbons (Fsp3) is 0.158. The van der Waals surface area contributed by atoms with Crippen LogP contribution >= 0.6 is 0 Å². The number of carbonyl (C=O) groups excluding carboxylic acids is 1. The van der Waals surface area contributed by atoms with Gasteiger partial charge in [-0.1, -0.05) is 18.2 Å². The quantitative estimate of drug-likeness (QED) is 0.702. The molecular weight excluding hydrogens is 318 g/mol. The van der Waals surface area contributed by atoms with Crippen LogP contribution in [-0.2, 0) is 6.42 Å². The molecule has 1 amide bonds. The van der Waals surface area contributed by atoms with Gasteiger partial charge in [-0.25, -0.2) is 9.66 Å². The van der Waals surface area contributed by atoms with Crippen molar-refractivity contribution in [3.05, 3.63) is 66.5 Å². The third-order valence-electron chi connectivity index (χ3n) is 3.86. The maximum atomic E-state index is 12.7. The zero-order chi connectivity index (χ0) is 17.8. The van der Waals surface area contributed by atoms with Gasteiger partial charge < -0.3 is 9.47 Å². The Morgan fingerprint density at radius 1 is 1.28 bits per heavy atom. The molecule has 0 unspecified atom stereocenters. The van der Waals surface area contributed by atoms with Gasteiger partial charge in [0.05, 0.1) is 25.3 Å². The molecule has 1 N–H and O–H groups in total. The number of para-hydroxylation sites is 2. The summed E-state index contributed by atoms with van der Waals surface area (Å²) in [4.78, 5) is 17.0. The summed E-state index contributed by atoms with van der Waals surface area (Å²) in [7, 11) is 3.11.